The highest BCUT2D eigenvalue weighted by Gasteiger charge is 2.15. The summed E-state index contributed by atoms with van der Waals surface area (Å²) in [7, 11) is -3.62. The molecule has 0 atom stereocenters. The highest BCUT2D eigenvalue weighted by Crippen LogP contribution is 2.32. The molecule has 1 rings (SSSR count). The summed E-state index contributed by atoms with van der Waals surface area (Å²) in [4.78, 5) is 0. The molecular formula is C8H7Cl3FNO2S. The summed E-state index contributed by atoms with van der Waals surface area (Å²) < 4.78 is 37.7. The third kappa shape index (κ3) is 3.66. The van der Waals surface area contributed by atoms with Crippen molar-refractivity contribution < 1.29 is 12.8 Å². The Hall–Kier alpha value is -0.230. The van der Waals surface area contributed by atoms with Gasteiger partial charge in [0, 0.05) is 5.88 Å². The molecule has 1 aromatic rings. The van der Waals surface area contributed by atoms with E-state index in [-0.39, 0.29) is 27.4 Å². The van der Waals surface area contributed by atoms with Gasteiger partial charge in [0.15, 0.2) is 0 Å². The van der Waals surface area contributed by atoms with Gasteiger partial charge in [-0.15, -0.1) is 11.6 Å². The first kappa shape index (κ1) is 13.8. The zero-order chi connectivity index (χ0) is 12.3. The predicted octanol–water partition coefficient (Wildman–Crippen LogP) is 3.11. The minimum atomic E-state index is -3.62. The molecule has 0 heterocycles. The van der Waals surface area contributed by atoms with Gasteiger partial charge in [-0.25, -0.2) is 12.8 Å². The molecule has 16 heavy (non-hydrogen) atoms. The van der Waals surface area contributed by atoms with E-state index in [0.717, 1.165) is 12.1 Å². The topological polar surface area (TPSA) is 46.2 Å². The average molecular weight is 307 g/mol. The molecule has 0 amide bonds. The van der Waals surface area contributed by atoms with Gasteiger partial charge >= 0.3 is 0 Å². The number of anilines is 1. The van der Waals surface area contributed by atoms with Crippen molar-refractivity contribution in [1.29, 1.82) is 0 Å². The smallest absolute Gasteiger partial charge is 0.233 e. The van der Waals surface area contributed by atoms with Crippen molar-refractivity contribution >= 4 is 50.5 Å². The van der Waals surface area contributed by atoms with E-state index >= 15 is 0 Å². The molecular weight excluding hydrogens is 300 g/mol. The van der Waals surface area contributed by atoms with E-state index in [4.69, 9.17) is 34.8 Å². The number of nitrogens with one attached hydrogen (secondary N) is 1. The fourth-order valence-electron chi connectivity index (χ4n) is 0.948. The second-order valence-corrected chi connectivity index (χ2v) is 5.89. The van der Waals surface area contributed by atoms with Crippen molar-refractivity contribution in [2.24, 2.45) is 0 Å². The van der Waals surface area contributed by atoms with Crippen LogP contribution in [-0.4, -0.2) is 20.1 Å². The van der Waals surface area contributed by atoms with Crippen LogP contribution in [0, 0.1) is 5.82 Å². The monoisotopic (exact) mass is 305 g/mol. The van der Waals surface area contributed by atoms with Gasteiger partial charge in [-0.1, -0.05) is 23.2 Å². The Morgan fingerprint density at radius 1 is 1.25 bits per heavy atom. The number of benzene rings is 1. The fourth-order valence-corrected chi connectivity index (χ4v) is 3.06. The highest BCUT2D eigenvalue weighted by molar-refractivity contribution is 7.92. The van der Waals surface area contributed by atoms with Crippen LogP contribution in [0.3, 0.4) is 0 Å². The van der Waals surface area contributed by atoms with Gasteiger partial charge in [-0.2, -0.15) is 0 Å². The van der Waals surface area contributed by atoms with Gasteiger partial charge in [0.2, 0.25) is 10.0 Å². The molecule has 0 aliphatic rings. The molecule has 0 bridgehead atoms. The zero-order valence-corrected chi connectivity index (χ0v) is 10.9. The van der Waals surface area contributed by atoms with Crippen LogP contribution < -0.4 is 4.72 Å². The van der Waals surface area contributed by atoms with E-state index in [2.05, 4.69) is 4.72 Å². The Morgan fingerprint density at radius 2 is 1.75 bits per heavy atom. The molecule has 0 aliphatic carbocycles. The molecule has 0 aromatic heterocycles. The molecule has 90 valence electrons. The van der Waals surface area contributed by atoms with Crippen molar-refractivity contribution in [3.8, 4) is 0 Å². The summed E-state index contributed by atoms with van der Waals surface area (Å²) in [6.07, 6.45) is 0. The number of alkyl halides is 1. The molecule has 0 spiro atoms. The summed E-state index contributed by atoms with van der Waals surface area (Å²) in [6, 6.07) is 1.93. The summed E-state index contributed by atoms with van der Waals surface area (Å²) in [5.41, 5.74) is -0.0464. The van der Waals surface area contributed by atoms with E-state index in [1.165, 1.54) is 0 Å². The lowest BCUT2D eigenvalue weighted by Crippen LogP contribution is -2.18. The molecule has 1 aromatic carbocycles. The van der Waals surface area contributed by atoms with Crippen LogP contribution in [0.4, 0.5) is 10.1 Å². The highest BCUT2D eigenvalue weighted by atomic mass is 35.5. The maximum absolute atomic E-state index is 12.8. The van der Waals surface area contributed by atoms with Crippen LogP contribution in [0.15, 0.2) is 12.1 Å². The standard InChI is InChI=1S/C8H7Cl3FNO2S/c9-1-2-16(14,15)13-8-6(10)3-5(12)4-7(8)11/h3-4,13H,1-2H2. The molecule has 3 nitrogen and oxygen atoms in total. The number of hydrogen-bond donors (Lipinski definition) is 1. The fraction of sp³-hybridized carbons (Fsp3) is 0.250. The molecule has 0 fully saturated rings. The number of rotatable bonds is 4. The normalized spacial score (nSPS) is 11.5. The Kier molecular flexibility index (Phi) is 4.67. The quantitative estimate of drug-likeness (QED) is 0.869. The average Bonchev–Trinajstić information content (AvgIpc) is 2.11. The van der Waals surface area contributed by atoms with E-state index in [1.54, 1.807) is 0 Å². The molecule has 0 unspecified atom stereocenters. The van der Waals surface area contributed by atoms with Crippen molar-refractivity contribution in [2.75, 3.05) is 16.4 Å². The number of hydrogen-bond acceptors (Lipinski definition) is 2. The third-order valence-electron chi connectivity index (χ3n) is 1.61. The molecule has 1 N–H and O–H groups in total. The van der Waals surface area contributed by atoms with Gasteiger partial charge < -0.3 is 0 Å². The molecule has 0 aliphatic heterocycles. The van der Waals surface area contributed by atoms with Gasteiger partial charge in [-0.05, 0) is 12.1 Å². The Morgan fingerprint density at radius 3 is 2.19 bits per heavy atom. The summed E-state index contributed by atoms with van der Waals surface area (Å²) in [5.74, 6) is -0.986. The summed E-state index contributed by atoms with van der Waals surface area (Å²) in [5, 5.41) is -0.216. The van der Waals surface area contributed by atoms with Crippen LogP contribution in [-0.2, 0) is 10.0 Å². The zero-order valence-electron chi connectivity index (χ0n) is 7.81. The SMILES string of the molecule is O=S(=O)(CCCl)Nc1c(Cl)cc(F)cc1Cl. The first-order valence-electron chi connectivity index (χ1n) is 4.07. The first-order valence-corrected chi connectivity index (χ1v) is 7.01. The number of halogens is 4. The third-order valence-corrected chi connectivity index (χ3v) is 3.88. The molecule has 8 heteroatoms. The Labute approximate surface area is 108 Å². The summed E-state index contributed by atoms with van der Waals surface area (Å²) in [6.45, 7) is 0. The Bertz CT molecular complexity index is 469. The second kappa shape index (κ2) is 5.40. The molecule has 0 radical (unpaired) electrons. The lowest BCUT2D eigenvalue weighted by molar-refractivity contribution is 0.602. The van der Waals surface area contributed by atoms with Gasteiger partial charge in [-0.3, -0.25) is 4.72 Å². The predicted molar refractivity (Wildman–Crippen MR) is 64.5 cm³/mol. The number of sulfonamides is 1. The minimum absolute atomic E-state index is 0.0464. The van der Waals surface area contributed by atoms with E-state index in [9.17, 15) is 12.8 Å². The Balaban J connectivity index is 3.07. The molecule has 0 saturated carbocycles. The van der Waals surface area contributed by atoms with Gasteiger partial charge in [0.1, 0.15) is 5.82 Å². The van der Waals surface area contributed by atoms with E-state index in [1.807, 2.05) is 0 Å². The lowest BCUT2D eigenvalue weighted by atomic mass is 10.3. The molecule has 0 saturated heterocycles. The van der Waals surface area contributed by atoms with Gasteiger partial charge in [0.25, 0.3) is 0 Å². The largest absolute Gasteiger partial charge is 0.280 e. The van der Waals surface area contributed by atoms with Crippen LogP contribution in [0.1, 0.15) is 0 Å². The van der Waals surface area contributed by atoms with Crippen molar-refractivity contribution in [3.63, 3.8) is 0 Å². The van der Waals surface area contributed by atoms with Crippen LogP contribution in [0.25, 0.3) is 0 Å². The van der Waals surface area contributed by atoms with Crippen molar-refractivity contribution in [1.82, 2.24) is 0 Å². The van der Waals surface area contributed by atoms with Crippen molar-refractivity contribution in [2.45, 2.75) is 0 Å². The minimum Gasteiger partial charge on any atom is -0.280 e. The maximum Gasteiger partial charge on any atom is 0.233 e. The van der Waals surface area contributed by atoms with Gasteiger partial charge in [0.05, 0.1) is 21.5 Å². The lowest BCUT2D eigenvalue weighted by Gasteiger charge is -2.10. The summed E-state index contributed by atoms with van der Waals surface area (Å²) >= 11 is 16.6. The van der Waals surface area contributed by atoms with E-state index in [0.29, 0.717) is 0 Å². The van der Waals surface area contributed by atoms with E-state index < -0.39 is 15.8 Å². The van der Waals surface area contributed by atoms with Crippen molar-refractivity contribution in [3.05, 3.63) is 28.0 Å². The van der Waals surface area contributed by atoms with Crippen LogP contribution in [0.2, 0.25) is 10.0 Å². The second-order valence-electron chi connectivity index (χ2n) is 2.85. The first-order chi connectivity index (χ1) is 7.35. The van der Waals surface area contributed by atoms with Crippen LogP contribution in [0.5, 0.6) is 0 Å². The van der Waals surface area contributed by atoms with Crippen LogP contribution >= 0.6 is 34.8 Å². The maximum atomic E-state index is 12.8.